The highest BCUT2D eigenvalue weighted by atomic mass is 35.5. The third-order valence-electron chi connectivity index (χ3n) is 5.75. The number of halogens is 2. The van der Waals surface area contributed by atoms with Crippen molar-refractivity contribution in [1.29, 1.82) is 0 Å². The van der Waals surface area contributed by atoms with Crippen LogP contribution in [0.1, 0.15) is 22.7 Å². The molecule has 0 aromatic heterocycles. The zero-order valence-electron chi connectivity index (χ0n) is 19.1. The highest BCUT2D eigenvalue weighted by Gasteiger charge is 2.53. The second-order valence-corrected chi connectivity index (χ2v) is 12.2. The molecule has 192 valence electrons. The van der Waals surface area contributed by atoms with Crippen molar-refractivity contribution in [1.82, 2.24) is 10.2 Å². The number of nitrogens with one attached hydrogen (secondary N) is 1. The molecule has 9 nitrogen and oxygen atoms in total. The topological polar surface area (TPSA) is 111 Å². The van der Waals surface area contributed by atoms with Gasteiger partial charge in [-0.05, 0) is 34.9 Å². The summed E-state index contributed by atoms with van der Waals surface area (Å²) in [6, 6.07) is 11.0. The number of fused-ring (bicyclic) bond motifs is 1. The lowest BCUT2D eigenvalue weighted by atomic mass is 10.0. The van der Waals surface area contributed by atoms with Crippen LogP contribution in [0.4, 0.5) is 4.39 Å². The second-order valence-electron chi connectivity index (χ2n) is 8.63. The Labute approximate surface area is 209 Å². The van der Waals surface area contributed by atoms with Crippen molar-refractivity contribution >= 4 is 31.8 Å². The molecule has 2 atom stereocenters. The lowest BCUT2D eigenvalue weighted by molar-refractivity contribution is -0.250. The summed E-state index contributed by atoms with van der Waals surface area (Å²) in [5.74, 6) is -2.66. The molecule has 1 N–H and O–H groups in total. The van der Waals surface area contributed by atoms with Gasteiger partial charge in [0.1, 0.15) is 5.82 Å². The summed E-state index contributed by atoms with van der Waals surface area (Å²) in [4.78, 5) is 1.57. The number of ether oxygens (including phenoxy) is 1. The van der Waals surface area contributed by atoms with Gasteiger partial charge in [0, 0.05) is 24.5 Å². The normalized spacial score (nSPS) is 22.7. The molecule has 0 radical (unpaired) electrons. The quantitative estimate of drug-likeness (QED) is 0.392. The zero-order chi connectivity index (χ0) is 25.4. The molecule has 13 heteroatoms. The second kappa shape index (κ2) is 10.0. The maximum absolute atomic E-state index is 13.8. The van der Waals surface area contributed by atoms with Crippen molar-refractivity contribution < 1.29 is 34.3 Å². The van der Waals surface area contributed by atoms with Crippen LogP contribution >= 0.6 is 11.6 Å². The first-order chi connectivity index (χ1) is 16.4. The first kappa shape index (κ1) is 26.4. The molecule has 1 fully saturated rings. The predicted octanol–water partition coefficient (Wildman–Crippen LogP) is 2.17. The van der Waals surface area contributed by atoms with E-state index in [0.29, 0.717) is 18.5 Å². The lowest BCUT2D eigenvalue weighted by Gasteiger charge is -2.48. The van der Waals surface area contributed by atoms with Crippen LogP contribution < -0.4 is 5.32 Å². The van der Waals surface area contributed by atoms with Crippen LogP contribution in [-0.4, -0.2) is 65.9 Å². The number of piperazine rings is 1. The van der Waals surface area contributed by atoms with E-state index in [2.05, 4.69) is 5.32 Å². The number of rotatable bonds is 8. The number of nitrogens with zero attached hydrogens (tertiary/aromatic N) is 1. The Balaban J connectivity index is 1.73. The van der Waals surface area contributed by atoms with Crippen LogP contribution in [0.3, 0.4) is 0 Å². The molecule has 2 aromatic rings. The van der Waals surface area contributed by atoms with Gasteiger partial charge in [0.25, 0.3) is 26.1 Å². The van der Waals surface area contributed by atoms with E-state index in [1.54, 1.807) is 11.0 Å². The van der Waals surface area contributed by atoms with Gasteiger partial charge in [-0.3, -0.25) is 0 Å². The van der Waals surface area contributed by atoms with Crippen molar-refractivity contribution in [3.8, 4) is 0 Å². The largest absolute Gasteiger partial charge is 0.371 e. The number of hydrogen-bond donors (Lipinski definition) is 1. The van der Waals surface area contributed by atoms with E-state index in [4.69, 9.17) is 24.7 Å². The Kier molecular flexibility index (Phi) is 7.56. The fraction of sp³-hybridized carbons (Fsp3) is 0.455. The summed E-state index contributed by atoms with van der Waals surface area (Å²) >= 11 is 5.97. The van der Waals surface area contributed by atoms with Gasteiger partial charge in [-0.2, -0.15) is 16.8 Å². The molecule has 1 heterocycles. The van der Waals surface area contributed by atoms with E-state index < -0.39 is 44.1 Å². The minimum Gasteiger partial charge on any atom is -0.371 e. The van der Waals surface area contributed by atoms with Crippen LogP contribution in [-0.2, 0) is 46.4 Å². The maximum Gasteiger partial charge on any atom is 0.275 e. The number of benzene rings is 2. The van der Waals surface area contributed by atoms with Crippen LogP contribution in [0, 0.1) is 5.82 Å². The fourth-order valence-electron chi connectivity index (χ4n) is 4.66. The van der Waals surface area contributed by atoms with Gasteiger partial charge < -0.3 is 10.1 Å². The van der Waals surface area contributed by atoms with Crippen molar-refractivity contribution in [2.75, 3.05) is 32.1 Å². The standard InChI is InChI=1S/C22H26ClFN2O7S2/c1-34(27,28)32-22(33-35(2,29)30)14-25-7-8-26(22)21-19-6-4-3-5-16(19)11-20(21)31-13-15-9-17(23)12-18(24)10-15/h3-6,9-10,12,20-21,25H,7-8,11,13-14H2,1-2H3. The van der Waals surface area contributed by atoms with Crippen LogP contribution in [0.5, 0.6) is 0 Å². The molecule has 1 aliphatic heterocycles. The van der Waals surface area contributed by atoms with E-state index in [1.807, 2.05) is 24.3 Å². The SMILES string of the molecule is CS(=O)(=O)OC1(OS(C)(=O)=O)CNCCN1C1c2ccccc2CC1OCc1cc(F)cc(Cl)c1. The van der Waals surface area contributed by atoms with Gasteiger partial charge >= 0.3 is 0 Å². The molecule has 2 unspecified atom stereocenters. The fourth-order valence-corrected chi connectivity index (χ4v) is 6.27. The minimum atomic E-state index is -4.14. The Hall–Kier alpha value is -1.64. The van der Waals surface area contributed by atoms with Gasteiger partial charge in [-0.25, -0.2) is 17.7 Å². The van der Waals surface area contributed by atoms with Crippen molar-refractivity contribution in [3.63, 3.8) is 0 Å². The maximum atomic E-state index is 13.8. The van der Waals surface area contributed by atoms with Crippen LogP contribution in [0.25, 0.3) is 0 Å². The summed E-state index contributed by atoms with van der Waals surface area (Å²) < 4.78 is 79.6. The average Bonchev–Trinajstić information content (AvgIpc) is 3.07. The highest BCUT2D eigenvalue weighted by molar-refractivity contribution is 7.86. The van der Waals surface area contributed by atoms with Gasteiger partial charge in [-0.1, -0.05) is 35.9 Å². The molecular weight excluding hydrogens is 523 g/mol. The van der Waals surface area contributed by atoms with E-state index in [1.165, 1.54) is 12.1 Å². The molecule has 35 heavy (non-hydrogen) atoms. The van der Waals surface area contributed by atoms with Gasteiger partial charge in [-0.15, -0.1) is 0 Å². The van der Waals surface area contributed by atoms with Crippen molar-refractivity contribution in [2.45, 2.75) is 31.1 Å². The van der Waals surface area contributed by atoms with Crippen LogP contribution in [0.15, 0.2) is 42.5 Å². The van der Waals surface area contributed by atoms with Crippen LogP contribution in [0.2, 0.25) is 5.02 Å². The third-order valence-corrected chi connectivity index (χ3v) is 7.09. The predicted molar refractivity (Wildman–Crippen MR) is 127 cm³/mol. The molecular formula is C22H26ClFN2O7S2. The summed E-state index contributed by atoms with van der Waals surface area (Å²) in [5, 5.41) is 3.20. The third kappa shape index (κ3) is 6.38. The summed E-state index contributed by atoms with van der Waals surface area (Å²) in [6.45, 7) is 0.437. The Bertz CT molecular complexity index is 1250. The first-order valence-corrected chi connectivity index (χ1v) is 14.8. The Morgan fingerprint density at radius 2 is 1.80 bits per heavy atom. The molecule has 0 bridgehead atoms. The monoisotopic (exact) mass is 548 g/mol. The number of hydrogen-bond acceptors (Lipinski definition) is 9. The molecule has 0 saturated carbocycles. The van der Waals surface area contributed by atoms with Gasteiger partial charge in [0.05, 0.1) is 37.8 Å². The van der Waals surface area contributed by atoms with Gasteiger partial charge in [0.2, 0.25) is 0 Å². The Morgan fingerprint density at radius 3 is 2.46 bits per heavy atom. The molecule has 2 aliphatic rings. The molecule has 2 aromatic carbocycles. The van der Waals surface area contributed by atoms with E-state index in [-0.39, 0.29) is 24.7 Å². The molecule has 1 saturated heterocycles. The molecule has 4 rings (SSSR count). The zero-order valence-corrected chi connectivity index (χ0v) is 21.5. The lowest BCUT2D eigenvalue weighted by Crippen LogP contribution is -2.66. The average molecular weight is 549 g/mol. The minimum absolute atomic E-state index is 0.0333. The van der Waals surface area contributed by atoms with E-state index in [9.17, 15) is 21.2 Å². The molecule has 0 amide bonds. The smallest absolute Gasteiger partial charge is 0.275 e. The van der Waals surface area contributed by atoms with E-state index >= 15 is 0 Å². The molecule has 1 aliphatic carbocycles. The van der Waals surface area contributed by atoms with E-state index in [0.717, 1.165) is 23.6 Å². The summed E-state index contributed by atoms with van der Waals surface area (Å²) in [7, 11) is -8.29. The van der Waals surface area contributed by atoms with Gasteiger partial charge in [0.15, 0.2) is 0 Å². The summed E-state index contributed by atoms with van der Waals surface area (Å²) in [5.41, 5.74) is 2.30. The first-order valence-electron chi connectivity index (χ1n) is 10.8. The summed E-state index contributed by atoms with van der Waals surface area (Å²) in [6.07, 6.45) is 1.58. The van der Waals surface area contributed by atoms with Crippen molar-refractivity contribution in [2.24, 2.45) is 0 Å². The Morgan fingerprint density at radius 1 is 1.11 bits per heavy atom. The molecule has 0 spiro atoms. The highest BCUT2D eigenvalue weighted by Crippen LogP contribution is 2.43. The van der Waals surface area contributed by atoms with Crippen molar-refractivity contribution in [3.05, 3.63) is 70.0 Å².